The first-order chi connectivity index (χ1) is 12.1. The summed E-state index contributed by atoms with van der Waals surface area (Å²) in [7, 11) is 0. The highest BCUT2D eigenvalue weighted by Crippen LogP contribution is 2.38. The normalized spacial score (nSPS) is 19.6. The second-order valence-electron chi connectivity index (χ2n) is 7.41. The van der Waals surface area contributed by atoms with E-state index in [0.29, 0.717) is 30.3 Å². The number of rotatable bonds is 5. The molecule has 1 aromatic carbocycles. The Morgan fingerprint density at radius 2 is 2.08 bits per heavy atom. The van der Waals surface area contributed by atoms with E-state index in [-0.39, 0.29) is 12.3 Å². The second-order valence-corrected chi connectivity index (χ2v) is 7.41. The number of amides is 1. The van der Waals surface area contributed by atoms with E-state index >= 15 is 0 Å². The van der Waals surface area contributed by atoms with Gasteiger partial charge in [-0.25, -0.2) is 4.98 Å². The third-order valence-electron chi connectivity index (χ3n) is 5.15. The summed E-state index contributed by atoms with van der Waals surface area (Å²) in [5, 5.41) is 20.7. The van der Waals surface area contributed by atoms with Crippen LogP contribution >= 0.6 is 0 Å². The summed E-state index contributed by atoms with van der Waals surface area (Å²) in [6.07, 6.45) is 7.06. The van der Waals surface area contributed by atoms with Crippen molar-refractivity contribution in [2.24, 2.45) is 0 Å². The van der Waals surface area contributed by atoms with Gasteiger partial charge in [-0.2, -0.15) is 5.10 Å². The summed E-state index contributed by atoms with van der Waals surface area (Å²) in [4.78, 5) is 16.9. The van der Waals surface area contributed by atoms with Gasteiger partial charge in [0.25, 0.3) is 0 Å². The monoisotopic (exact) mass is 340 g/mol. The van der Waals surface area contributed by atoms with Crippen LogP contribution in [0.3, 0.4) is 0 Å². The molecule has 2 aliphatic carbocycles. The van der Waals surface area contributed by atoms with Crippen molar-refractivity contribution in [1.82, 2.24) is 15.2 Å². The largest absolute Gasteiger partial charge is 0.389 e. The maximum Gasteiger partial charge on any atom is 0.227 e. The summed E-state index contributed by atoms with van der Waals surface area (Å²) in [5.74, 6) is 1.99. The van der Waals surface area contributed by atoms with Crippen molar-refractivity contribution < 1.29 is 9.90 Å². The first kappa shape index (κ1) is 16.3. The van der Waals surface area contributed by atoms with Crippen LogP contribution < -0.4 is 5.32 Å². The Kier molecular flexibility index (Phi) is 4.29. The highest BCUT2D eigenvalue weighted by Gasteiger charge is 2.31. The van der Waals surface area contributed by atoms with Crippen LogP contribution in [-0.2, 0) is 4.79 Å². The van der Waals surface area contributed by atoms with Crippen molar-refractivity contribution in [3.8, 4) is 11.4 Å². The summed E-state index contributed by atoms with van der Waals surface area (Å²) < 4.78 is 0. The SMILES string of the molecule is O=C(CC1(O)CCCCC1)Nc1cccc(-c2n[nH]c(C3CC3)n2)c1. The Hall–Kier alpha value is -2.21. The molecule has 4 rings (SSSR count). The zero-order valence-electron chi connectivity index (χ0n) is 14.3. The minimum absolute atomic E-state index is 0.143. The molecule has 0 radical (unpaired) electrons. The van der Waals surface area contributed by atoms with E-state index in [1.165, 1.54) is 12.8 Å². The number of H-pyrrole nitrogens is 1. The molecule has 25 heavy (non-hydrogen) atoms. The van der Waals surface area contributed by atoms with Crippen LogP contribution in [0.4, 0.5) is 5.69 Å². The fraction of sp³-hybridized carbons (Fsp3) is 0.526. The van der Waals surface area contributed by atoms with Gasteiger partial charge < -0.3 is 10.4 Å². The lowest BCUT2D eigenvalue weighted by Crippen LogP contribution is -2.35. The molecule has 0 spiro atoms. The van der Waals surface area contributed by atoms with Gasteiger partial charge in [0.15, 0.2) is 5.82 Å². The Bertz CT molecular complexity index is 760. The fourth-order valence-corrected chi connectivity index (χ4v) is 3.57. The maximum absolute atomic E-state index is 12.3. The lowest BCUT2D eigenvalue weighted by Gasteiger charge is -2.31. The van der Waals surface area contributed by atoms with Gasteiger partial charge in [0.05, 0.1) is 12.0 Å². The quantitative estimate of drug-likeness (QED) is 0.778. The molecule has 2 aliphatic rings. The number of carbonyl (C=O) groups is 1. The number of aromatic nitrogens is 3. The molecule has 6 nitrogen and oxygen atoms in total. The summed E-state index contributed by atoms with van der Waals surface area (Å²) in [6.45, 7) is 0. The molecule has 1 aromatic heterocycles. The Labute approximate surface area is 147 Å². The summed E-state index contributed by atoms with van der Waals surface area (Å²) >= 11 is 0. The van der Waals surface area contributed by atoms with E-state index in [4.69, 9.17) is 0 Å². The molecule has 3 N–H and O–H groups in total. The predicted molar refractivity (Wildman–Crippen MR) is 95.1 cm³/mol. The molecule has 1 heterocycles. The van der Waals surface area contributed by atoms with Crippen molar-refractivity contribution in [2.45, 2.75) is 62.9 Å². The molecule has 0 aliphatic heterocycles. The van der Waals surface area contributed by atoms with Crippen LogP contribution in [0.5, 0.6) is 0 Å². The maximum atomic E-state index is 12.3. The molecule has 132 valence electrons. The van der Waals surface area contributed by atoms with Crippen LogP contribution in [0.1, 0.15) is 63.1 Å². The van der Waals surface area contributed by atoms with Crippen LogP contribution in [0.15, 0.2) is 24.3 Å². The zero-order valence-corrected chi connectivity index (χ0v) is 14.3. The topological polar surface area (TPSA) is 90.9 Å². The van der Waals surface area contributed by atoms with Crippen LogP contribution in [0, 0.1) is 0 Å². The van der Waals surface area contributed by atoms with Crippen molar-refractivity contribution in [3.05, 3.63) is 30.1 Å². The molecule has 2 fully saturated rings. The number of anilines is 1. The third-order valence-corrected chi connectivity index (χ3v) is 5.15. The van der Waals surface area contributed by atoms with Gasteiger partial charge in [-0.3, -0.25) is 9.89 Å². The Morgan fingerprint density at radius 1 is 1.28 bits per heavy atom. The minimum atomic E-state index is -0.844. The first-order valence-electron chi connectivity index (χ1n) is 9.16. The van der Waals surface area contributed by atoms with Gasteiger partial charge in [-0.15, -0.1) is 0 Å². The van der Waals surface area contributed by atoms with Gasteiger partial charge in [-0.05, 0) is 37.8 Å². The fourth-order valence-electron chi connectivity index (χ4n) is 3.57. The van der Waals surface area contributed by atoms with Crippen LogP contribution in [0.25, 0.3) is 11.4 Å². The highest BCUT2D eigenvalue weighted by molar-refractivity contribution is 5.92. The average Bonchev–Trinajstić information content (AvgIpc) is 3.32. The van der Waals surface area contributed by atoms with Gasteiger partial charge in [0, 0.05) is 17.2 Å². The standard InChI is InChI=1S/C19H24N4O2/c24-16(12-19(25)9-2-1-3-10-19)20-15-6-4-5-14(11-15)18-21-17(22-23-18)13-7-8-13/h4-6,11,13,25H,1-3,7-10,12H2,(H,20,24)(H,21,22,23). The third kappa shape index (κ3) is 3.90. The van der Waals surface area contributed by atoms with Crippen LogP contribution in [0.2, 0.25) is 0 Å². The molecule has 0 bridgehead atoms. The zero-order chi connectivity index (χ0) is 17.3. The van der Waals surface area contributed by atoms with Crippen molar-refractivity contribution in [3.63, 3.8) is 0 Å². The average molecular weight is 340 g/mol. The number of hydrogen-bond donors (Lipinski definition) is 3. The summed E-state index contributed by atoms with van der Waals surface area (Å²) in [6, 6.07) is 7.54. The molecule has 6 heteroatoms. The minimum Gasteiger partial charge on any atom is -0.389 e. The summed E-state index contributed by atoms with van der Waals surface area (Å²) in [5.41, 5.74) is 0.736. The van der Waals surface area contributed by atoms with E-state index in [1.54, 1.807) is 0 Å². The van der Waals surface area contributed by atoms with Crippen molar-refractivity contribution in [1.29, 1.82) is 0 Å². The number of carbonyl (C=O) groups excluding carboxylic acids is 1. The highest BCUT2D eigenvalue weighted by atomic mass is 16.3. The number of aliphatic hydroxyl groups is 1. The van der Waals surface area contributed by atoms with Gasteiger partial charge in [0.1, 0.15) is 5.82 Å². The number of nitrogens with one attached hydrogen (secondary N) is 2. The molecule has 2 aromatic rings. The second kappa shape index (κ2) is 6.59. The van der Waals surface area contributed by atoms with E-state index < -0.39 is 5.60 Å². The number of aromatic amines is 1. The Morgan fingerprint density at radius 3 is 2.84 bits per heavy atom. The molecular weight excluding hydrogens is 316 g/mol. The molecule has 0 atom stereocenters. The van der Waals surface area contributed by atoms with E-state index in [2.05, 4.69) is 20.5 Å². The number of nitrogens with zero attached hydrogens (tertiary/aromatic N) is 2. The lowest BCUT2D eigenvalue weighted by atomic mass is 9.82. The van der Waals surface area contributed by atoms with Gasteiger partial charge in [-0.1, -0.05) is 31.4 Å². The number of hydrogen-bond acceptors (Lipinski definition) is 4. The molecule has 0 saturated heterocycles. The molecule has 1 amide bonds. The van der Waals surface area contributed by atoms with Gasteiger partial charge in [0.2, 0.25) is 5.91 Å². The Balaban J connectivity index is 1.42. The molecule has 2 saturated carbocycles. The van der Waals surface area contributed by atoms with Crippen molar-refractivity contribution in [2.75, 3.05) is 5.32 Å². The van der Waals surface area contributed by atoms with Crippen molar-refractivity contribution >= 4 is 11.6 Å². The van der Waals surface area contributed by atoms with Gasteiger partial charge >= 0.3 is 0 Å². The molecule has 0 unspecified atom stereocenters. The lowest BCUT2D eigenvalue weighted by molar-refractivity contribution is -0.122. The first-order valence-corrected chi connectivity index (χ1v) is 9.16. The predicted octanol–water partition coefficient (Wildman–Crippen LogP) is 3.37. The number of benzene rings is 1. The van der Waals surface area contributed by atoms with E-state index in [1.807, 2.05) is 24.3 Å². The van der Waals surface area contributed by atoms with E-state index in [0.717, 1.165) is 30.7 Å². The van der Waals surface area contributed by atoms with E-state index in [9.17, 15) is 9.90 Å². The molecular formula is C19H24N4O2. The van der Waals surface area contributed by atoms with Crippen LogP contribution in [-0.4, -0.2) is 31.8 Å². The smallest absolute Gasteiger partial charge is 0.227 e.